The lowest BCUT2D eigenvalue weighted by atomic mass is 9.81. The van der Waals surface area contributed by atoms with Gasteiger partial charge in [0.15, 0.2) is 5.54 Å². The summed E-state index contributed by atoms with van der Waals surface area (Å²) in [6, 6.07) is 14.2. The van der Waals surface area contributed by atoms with Crippen LogP contribution in [0.4, 0.5) is 5.69 Å². The Hall–Kier alpha value is -3.45. The van der Waals surface area contributed by atoms with Crippen molar-refractivity contribution in [1.29, 1.82) is 0 Å². The molecule has 0 bridgehead atoms. The van der Waals surface area contributed by atoms with Crippen molar-refractivity contribution in [3.05, 3.63) is 70.8 Å². The number of nitrogens with zero attached hydrogens (tertiary/aromatic N) is 2. The Morgan fingerprint density at radius 3 is 2.38 bits per heavy atom. The number of aryl methyl sites for hydroxylation is 1. The van der Waals surface area contributed by atoms with E-state index in [0.29, 0.717) is 36.4 Å². The second-order valence-electron chi connectivity index (χ2n) is 8.76. The van der Waals surface area contributed by atoms with E-state index < -0.39 is 17.2 Å². The molecule has 2 amide bonds. The van der Waals surface area contributed by atoms with E-state index in [4.69, 9.17) is 4.74 Å². The molecule has 2 heterocycles. The van der Waals surface area contributed by atoms with Gasteiger partial charge < -0.3 is 19.6 Å². The highest BCUT2D eigenvalue weighted by Gasteiger charge is 2.66. The summed E-state index contributed by atoms with van der Waals surface area (Å²) in [4.78, 5) is 44.0. The Morgan fingerprint density at radius 2 is 1.71 bits per heavy atom. The summed E-state index contributed by atoms with van der Waals surface area (Å²) in [5.41, 5.74) is 0.698. The van der Waals surface area contributed by atoms with Gasteiger partial charge >= 0.3 is 0 Å². The van der Waals surface area contributed by atoms with Crippen molar-refractivity contribution in [2.45, 2.75) is 38.6 Å². The second kappa shape index (κ2) is 9.43. The number of para-hydroxylation sites is 1. The van der Waals surface area contributed by atoms with E-state index in [1.165, 1.54) is 4.90 Å². The fraction of sp³-hybridized carbons (Fsp3) is 0.370. The molecule has 0 saturated carbocycles. The predicted octanol–water partition coefficient (Wildman–Crippen LogP) is 3.75. The van der Waals surface area contributed by atoms with E-state index in [0.717, 1.165) is 18.4 Å². The summed E-state index contributed by atoms with van der Waals surface area (Å²) in [6.07, 6.45) is 2.09. The first-order valence-electron chi connectivity index (χ1n) is 11.7. The minimum Gasteiger partial charge on any atom is -0.507 e. The number of rotatable bonds is 8. The molecule has 1 saturated heterocycles. The Kier molecular flexibility index (Phi) is 6.57. The molecule has 4 rings (SSSR count). The number of anilines is 1. The lowest BCUT2D eigenvalue weighted by molar-refractivity contribution is -0.143. The maximum Gasteiger partial charge on any atom is 0.296 e. The van der Waals surface area contributed by atoms with Crippen LogP contribution in [0.15, 0.2) is 54.1 Å². The number of benzene rings is 2. The number of amides is 2. The number of fused-ring (bicyclic) bond motifs is 2. The van der Waals surface area contributed by atoms with Crippen molar-refractivity contribution in [3.63, 3.8) is 0 Å². The van der Waals surface area contributed by atoms with Crippen molar-refractivity contribution in [1.82, 2.24) is 4.90 Å². The van der Waals surface area contributed by atoms with Gasteiger partial charge in [0.25, 0.3) is 17.6 Å². The van der Waals surface area contributed by atoms with Gasteiger partial charge in [0.2, 0.25) is 0 Å². The van der Waals surface area contributed by atoms with Crippen LogP contribution in [0.3, 0.4) is 0 Å². The monoisotopic (exact) mass is 462 g/mol. The number of unbranched alkanes of at least 4 members (excludes halogenated alkanes) is 1. The molecular formula is C27H30N2O5. The zero-order valence-corrected chi connectivity index (χ0v) is 19.8. The molecular weight excluding hydrogens is 432 g/mol. The smallest absolute Gasteiger partial charge is 0.296 e. The summed E-state index contributed by atoms with van der Waals surface area (Å²) in [5.74, 6) is -2.36. The van der Waals surface area contributed by atoms with Gasteiger partial charge in [-0.3, -0.25) is 14.4 Å². The Morgan fingerprint density at radius 1 is 1.00 bits per heavy atom. The van der Waals surface area contributed by atoms with Crippen LogP contribution in [0.2, 0.25) is 0 Å². The Labute approximate surface area is 199 Å². The number of methoxy groups -OCH3 is 1. The molecule has 178 valence electrons. The minimum atomic E-state index is -1.71. The van der Waals surface area contributed by atoms with Crippen LogP contribution in [0, 0.1) is 6.92 Å². The normalized spacial score (nSPS) is 21.1. The third-order valence-electron chi connectivity index (χ3n) is 6.60. The summed E-state index contributed by atoms with van der Waals surface area (Å²) >= 11 is 0. The van der Waals surface area contributed by atoms with Crippen LogP contribution in [0.1, 0.15) is 42.9 Å². The highest BCUT2D eigenvalue weighted by molar-refractivity contribution is 6.50. The Bertz CT molecular complexity index is 1150. The van der Waals surface area contributed by atoms with Gasteiger partial charge in [0.05, 0.1) is 11.3 Å². The number of ketones is 1. The predicted molar refractivity (Wildman–Crippen MR) is 129 cm³/mol. The fourth-order valence-electron chi connectivity index (χ4n) is 4.93. The van der Waals surface area contributed by atoms with E-state index in [1.807, 2.05) is 38.1 Å². The van der Waals surface area contributed by atoms with Gasteiger partial charge in [-0.25, -0.2) is 0 Å². The van der Waals surface area contributed by atoms with Crippen LogP contribution >= 0.6 is 0 Å². The van der Waals surface area contributed by atoms with E-state index in [9.17, 15) is 19.5 Å². The molecule has 2 aromatic carbocycles. The minimum absolute atomic E-state index is 0.144. The summed E-state index contributed by atoms with van der Waals surface area (Å²) < 4.78 is 5.16. The molecule has 34 heavy (non-hydrogen) atoms. The van der Waals surface area contributed by atoms with E-state index in [1.54, 1.807) is 36.3 Å². The van der Waals surface area contributed by atoms with Crippen molar-refractivity contribution in [3.8, 4) is 0 Å². The standard InChI is InChI=1S/C27H30N2O5/c1-4-5-15-28-21-10-7-6-9-20(21)27(26(28)33)22(23(30)19-13-11-18(2)12-14-19)24(31)25(32)29(27)16-8-17-34-3/h6-7,9-14,30H,4-5,8,15-17H2,1-3H3/b23-22-. The van der Waals surface area contributed by atoms with Crippen molar-refractivity contribution < 1.29 is 24.2 Å². The number of hydrogen-bond acceptors (Lipinski definition) is 5. The third-order valence-corrected chi connectivity index (χ3v) is 6.60. The number of aliphatic hydroxyl groups excluding tert-OH is 1. The van der Waals surface area contributed by atoms with Crippen LogP contribution < -0.4 is 4.90 Å². The van der Waals surface area contributed by atoms with Gasteiger partial charge in [-0.05, 0) is 25.8 Å². The van der Waals surface area contributed by atoms with Crippen molar-refractivity contribution in [2.24, 2.45) is 0 Å². The van der Waals surface area contributed by atoms with Crippen LogP contribution in [-0.2, 0) is 24.7 Å². The van der Waals surface area contributed by atoms with Gasteiger partial charge in [-0.1, -0.05) is 61.4 Å². The number of carbonyl (C=O) groups excluding carboxylic acids is 3. The highest BCUT2D eigenvalue weighted by atomic mass is 16.5. The van der Waals surface area contributed by atoms with Gasteiger partial charge in [0.1, 0.15) is 5.76 Å². The maximum atomic E-state index is 14.2. The second-order valence-corrected chi connectivity index (χ2v) is 8.76. The van der Waals surface area contributed by atoms with Gasteiger partial charge in [0, 0.05) is 37.9 Å². The molecule has 2 aliphatic rings. The third kappa shape index (κ3) is 3.51. The average Bonchev–Trinajstić information content (AvgIpc) is 3.21. The zero-order chi connectivity index (χ0) is 24.5. The molecule has 1 unspecified atom stereocenters. The topological polar surface area (TPSA) is 87.2 Å². The summed E-state index contributed by atoms with van der Waals surface area (Å²) in [5, 5.41) is 11.4. The first-order valence-corrected chi connectivity index (χ1v) is 11.7. The molecule has 2 aliphatic heterocycles. The molecule has 7 heteroatoms. The van der Waals surface area contributed by atoms with Gasteiger partial charge in [-0.15, -0.1) is 0 Å². The average molecular weight is 463 g/mol. The lowest BCUT2D eigenvalue weighted by Gasteiger charge is -2.34. The molecule has 0 radical (unpaired) electrons. The van der Waals surface area contributed by atoms with Crippen LogP contribution in [0.5, 0.6) is 0 Å². The lowest BCUT2D eigenvalue weighted by Crippen LogP contribution is -2.52. The molecule has 1 atom stereocenters. The molecule has 0 aromatic heterocycles. The van der Waals surface area contributed by atoms with Crippen LogP contribution in [-0.4, -0.2) is 54.4 Å². The molecule has 1 spiro atoms. The largest absolute Gasteiger partial charge is 0.507 e. The van der Waals surface area contributed by atoms with E-state index >= 15 is 0 Å². The fourth-order valence-corrected chi connectivity index (χ4v) is 4.93. The molecule has 1 N–H and O–H groups in total. The quantitative estimate of drug-likeness (QED) is 0.279. The number of Topliss-reactive ketones (excluding diaryl/α,β-unsaturated/α-hetero) is 1. The zero-order valence-electron chi connectivity index (χ0n) is 19.8. The first kappa shape index (κ1) is 23.7. The van der Waals surface area contributed by atoms with E-state index in [-0.39, 0.29) is 23.8 Å². The van der Waals surface area contributed by atoms with Crippen LogP contribution in [0.25, 0.3) is 5.76 Å². The SMILES string of the molecule is CCCCN1C(=O)C2(/C(=C(\O)c3ccc(C)cc3)C(=O)C(=O)N2CCCOC)c2ccccc21. The van der Waals surface area contributed by atoms with Gasteiger partial charge in [-0.2, -0.15) is 0 Å². The van der Waals surface area contributed by atoms with E-state index in [2.05, 4.69) is 0 Å². The molecule has 7 nitrogen and oxygen atoms in total. The first-order chi connectivity index (χ1) is 16.4. The maximum absolute atomic E-state index is 14.2. The van der Waals surface area contributed by atoms with Crippen molar-refractivity contribution in [2.75, 3.05) is 31.7 Å². The highest BCUT2D eigenvalue weighted by Crippen LogP contribution is 2.53. The molecule has 0 aliphatic carbocycles. The Balaban J connectivity index is 1.99. The molecule has 2 aromatic rings. The number of hydrogen-bond donors (Lipinski definition) is 1. The number of likely N-dealkylation sites (tertiary alicyclic amines) is 1. The number of carbonyl (C=O) groups is 3. The summed E-state index contributed by atoms with van der Waals surface area (Å²) in [6.45, 7) is 4.92. The van der Waals surface area contributed by atoms with Crippen molar-refractivity contribution >= 4 is 29.0 Å². The number of aliphatic hydroxyl groups is 1. The molecule has 1 fully saturated rings. The number of ether oxygens (including phenoxy) is 1. The summed E-state index contributed by atoms with van der Waals surface area (Å²) in [7, 11) is 1.56.